The molecule has 0 aliphatic rings. The van der Waals surface area contributed by atoms with Crippen LogP contribution < -0.4 is 0 Å². The molecule has 0 bridgehead atoms. The van der Waals surface area contributed by atoms with Crippen LogP contribution in [0, 0.1) is 13.8 Å². The van der Waals surface area contributed by atoms with Gasteiger partial charge >= 0.3 is 0 Å². The molecule has 2 unspecified atom stereocenters. The Morgan fingerprint density at radius 2 is 2.11 bits per heavy atom. The van der Waals surface area contributed by atoms with Crippen molar-refractivity contribution in [1.29, 1.82) is 0 Å². The second-order valence-corrected chi connectivity index (χ2v) is 5.24. The molecular weight excluding hydrogens is 224 g/mol. The van der Waals surface area contributed by atoms with Gasteiger partial charge < -0.3 is 4.42 Å². The van der Waals surface area contributed by atoms with Gasteiger partial charge in [-0.15, -0.1) is 6.58 Å². The first-order chi connectivity index (χ1) is 8.36. The molecule has 18 heavy (non-hydrogen) atoms. The quantitative estimate of drug-likeness (QED) is 0.719. The van der Waals surface area contributed by atoms with Crippen LogP contribution in [0.3, 0.4) is 0 Å². The van der Waals surface area contributed by atoms with E-state index < -0.39 is 0 Å². The van der Waals surface area contributed by atoms with Gasteiger partial charge in [-0.2, -0.15) is 0 Å². The lowest BCUT2D eigenvalue weighted by Gasteiger charge is -2.39. The predicted molar refractivity (Wildman–Crippen MR) is 75.7 cm³/mol. The summed E-state index contributed by atoms with van der Waals surface area (Å²) in [5, 5.41) is 0. The summed E-state index contributed by atoms with van der Waals surface area (Å²) in [6, 6.07) is 0.481. The number of nitrogens with zero attached hydrogens (tertiary/aromatic N) is 2. The lowest BCUT2D eigenvalue weighted by Crippen LogP contribution is -2.45. The molecular formula is C15H26N2O. The highest BCUT2D eigenvalue weighted by molar-refractivity contribution is 5.24. The standard InChI is InChI=1S/C15H26N2O/c1-8-10-11(3)17(7)15(6,9-2)14-12(4)18-13(5)16-14/h9,11H,2,8,10H2,1,3-7H3. The number of hydrogen-bond acceptors (Lipinski definition) is 3. The summed E-state index contributed by atoms with van der Waals surface area (Å²) in [7, 11) is 2.13. The first-order valence-corrected chi connectivity index (χ1v) is 6.67. The summed E-state index contributed by atoms with van der Waals surface area (Å²) >= 11 is 0. The third kappa shape index (κ3) is 2.66. The zero-order valence-corrected chi connectivity index (χ0v) is 12.6. The molecule has 0 aromatic carbocycles. The predicted octanol–water partition coefficient (Wildman–Crippen LogP) is 3.81. The molecule has 1 aromatic heterocycles. The van der Waals surface area contributed by atoms with E-state index >= 15 is 0 Å². The van der Waals surface area contributed by atoms with Crippen LogP contribution in [0.15, 0.2) is 17.1 Å². The Morgan fingerprint density at radius 3 is 2.50 bits per heavy atom. The number of aromatic nitrogens is 1. The van der Waals surface area contributed by atoms with Gasteiger partial charge in [-0.05, 0) is 34.2 Å². The minimum Gasteiger partial charge on any atom is -0.446 e. The number of aryl methyl sites for hydroxylation is 2. The van der Waals surface area contributed by atoms with Crippen LogP contribution in [0.1, 0.15) is 51.0 Å². The molecule has 3 heteroatoms. The van der Waals surface area contributed by atoms with Crippen LogP contribution in [0.5, 0.6) is 0 Å². The van der Waals surface area contributed by atoms with Gasteiger partial charge in [-0.25, -0.2) is 4.98 Å². The Labute approximate surface area is 111 Å². The Morgan fingerprint density at radius 1 is 1.50 bits per heavy atom. The Balaban J connectivity index is 3.12. The number of oxazole rings is 1. The van der Waals surface area contributed by atoms with Crippen molar-refractivity contribution in [2.75, 3.05) is 7.05 Å². The smallest absolute Gasteiger partial charge is 0.191 e. The minimum atomic E-state index is -0.281. The van der Waals surface area contributed by atoms with E-state index in [-0.39, 0.29) is 5.54 Å². The molecule has 0 aliphatic heterocycles. The molecule has 0 N–H and O–H groups in total. The third-order valence-corrected chi connectivity index (χ3v) is 3.88. The highest BCUT2D eigenvalue weighted by Gasteiger charge is 2.35. The van der Waals surface area contributed by atoms with E-state index in [2.05, 4.69) is 44.3 Å². The van der Waals surface area contributed by atoms with Crippen molar-refractivity contribution in [3.8, 4) is 0 Å². The Kier molecular flexibility index (Phi) is 4.74. The van der Waals surface area contributed by atoms with Crippen LogP contribution >= 0.6 is 0 Å². The van der Waals surface area contributed by atoms with Crippen molar-refractivity contribution in [1.82, 2.24) is 9.88 Å². The second kappa shape index (κ2) is 5.70. The van der Waals surface area contributed by atoms with Crippen LogP contribution in [0.4, 0.5) is 0 Å². The number of likely N-dealkylation sites (N-methyl/N-ethyl adjacent to an activating group) is 1. The number of hydrogen-bond donors (Lipinski definition) is 0. The fourth-order valence-corrected chi connectivity index (χ4v) is 2.48. The zero-order chi connectivity index (χ0) is 13.9. The van der Waals surface area contributed by atoms with Gasteiger partial charge in [-0.1, -0.05) is 19.4 Å². The molecule has 1 aromatic rings. The van der Waals surface area contributed by atoms with E-state index in [1.807, 2.05) is 19.9 Å². The molecule has 0 aliphatic carbocycles. The fourth-order valence-electron chi connectivity index (χ4n) is 2.48. The van der Waals surface area contributed by atoms with Crippen molar-refractivity contribution < 1.29 is 4.42 Å². The van der Waals surface area contributed by atoms with Crippen LogP contribution in [-0.4, -0.2) is 23.0 Å². The summed E-state index contributed by atoms with van der Waals surface area (Å²) in [6.07, 6.45) is 4.30. The van der Waals surface area contributed by atoms with Crippen molar-refractivity contribution in [2.24, 2.45) is 0 Å². The molecule has 0 saturated carbocycles. The molecule has 0 radical (unpaired) electrons. The second-order valence-electron chi connectivity index (χ2n) is 5.24. The average Bonchev–Trinajstić information content (AvgIpc) is 2.67. The molecule has 2 atom stereocenters. The monoisotopic (exact) mass is 250 g/mol. The van der Waals surface area contributed by atoms with Crippen molar-refractivity contribution in [3.05, 3.63) is 30.0 Å². The maximum atomic E-state index is 5.57. The lowest BCUT2D eigenvalue weighted by atomic mass is 9.92. The molecule has 102 valence electrons. The van der Waals surface area contributed by atoms with Crippen LogP contribution in [0.25, 0.3) is 0 Å². The molecule has 0 saturated heterocycles. The van der Waals surface area contributed by atoms with Crippen molar-refractivity contribution >= 4 is 0 Å². The normalized spacial score (nSPS) is 16.6. The summed E-state index contributed by atoms with van der Waals surface area (Å²) in [6.45, 7) is 14.5. The van der Waals surface area contributed by atoms with Gasteiger partial charge in [-0.3, -0.25) is 4.90 Å². The molecule has 0 amide bonds. The van der Waals surface area contributed by atoms with Crippen LogP contribution in [-0.2, 0) is 5.54 Å². The summed E-state index contributed by atoms with van der Waals surface area (Å²) in [4.78, 5) is 6.86. The minimum absolute atomic E-state index is 0.281. The highest BCUT2D eigenvalue weighted by Crippen LogP contribution is 2.32. The van der Waals surface area contributed by atoms with Gasteiger partial charge in [0.05, 0.1) is 5.54 Å². The van der Waals surface area contributed by atoms with Gasteiger partial charge in [0.2, 0.25) is 0 Å². The first kappa shape index (κ1) is 15.0. The van der Waals surface area contributed by atoms with E-state index in [0.29, 0.717) is 11.9 Å². The maximum Gasteiger partial charge on any atom is 0.191 e. The molecule has 3 nitrogen and oxygen atoms in total. The van der Waals surface area contributed by atoms with E-state index in [0.717, 1.165) is 17.9 Å². The van der Waals surface area contributed by atoms with Gasteiger partial charge in [0.1, 0.15) is 11.5 Å². The van der Waals surface area contributed by atoms with Gasteiger partial charge in [0.25, 0.3) is 0 Å². The number of rotatable bonds is 6. The first-order valence-electron chi connectivity index (χ1n) is 6.67. The van der Waals surface area contributed by atoms with Crippen molar-refractivity contribution in [2.45, 2.75) is 59.0 Å². The Hall–Kier alpha value is -1.09. The van der Waals surface area contributed by atoms with E-state index in [9.17, 15) is 0 Å². The van der Waals surface area contributed by atoms with E-state index in [1.165, 1.54) is 6.42 Å². The average molecular weight is 250 g/mol. The Bertz CT molecular complexity index is 411. The molecule has 0 spiro atoms. The third-order valence-electron chi connectivity index (χ3n) is 3.88. The maximum absolute atomic E-state index is 5.57. The topological polar surface area (TPSA) is 29.3 Å². The van der Waals surface area contributed by atoms with E-state index in [4.69, 9.17) is 4.42 Å². The summed E-state index contributed by atoms with van der Waals surface area (Å²) in [5.41, 5.74) is 0.691. The lowest BCUT2D eigenvalue weighted by molar-refractivity contribution is 0.123. The van der Waals surface area contributed by atoms with Gasteiger partial charge in [0, 0.05) is 13.0 Å². The van der Waals surface area contributed by atoms with Crippen LogP contribution in [0.2, 0.25) is 0 Å². The molecule has 0 fully saturated rings. The summed E-state index contributed by atoms with van der Waals surface area (Å²) in [5.74, 6) is 1.59. The summed E-state index contributed by atoms with van der Waals surface area (Å²) < 4.78 is 5.57. The fraction of sp³-hybridized carbons (Fsp3) is 0.667. The van der Waals surface area contributed by atoms with Crippen molar-refractivity contribution in [3.63, 3.8) is 0 Å². The van der Waals surface area contributed by atoms with E-state index in [1.54, 1.807) is 0 Å². The zero-order valence-electron chi connectivity index (χ0n) is 12.6. The molecule has 1 rings (SSSR count). The molecule has 1 heterocycles. The SMILES string of the molecule is C=CC(C)(c1nc(C)oc1C)N(C)C(C)CCC. The highest BCUT2D eigenvalue weighted by atomic mass is 16.4. The van der Waals surface area contributed by atoms with Gasteiger partial charge in [0.15, 0.2) is 5.89 Å². The largest absolute Gasteiger partial charge is 0.446 e.